The van der Waals surface area contributed by atoms with Crippen LogP contribution in [0.5, 0.6) is 0 Å². The molecule has 0 unspecified atom stereocenters. The monoisotopic (exact) mass is 197 g/mol. The van der Waals surface area contributed by atoms with Gasteiger partial charge in [0.25, 0.3) is 5.69 Å². The smallest absolute Gasteiger partial charge is 0.258 e. The quantitative estimate of drug-likeness (QED) is 0.425. The van der Waals surface area contributed by atoms with Gasteiger partial charge in [0.05, 0.1) is 9.82 Å². The average molecular weight is 197 g/mol. The van der Waals surface area contributed by atoms with Crippen molar-refractivity contribution in [1.82, 2.24) is 0 Å². The Morgan fingerprint density at radius 2 is 2.00 bits per heavy atom. The van der Waals surface area contributed by atoms with Crippen molar-refractivity contribution < 1.29 is 4.92 Å². The second-order valence-corrected chi connectivity index (χ2v) is 4.51. The minimum Gasteiger partial charge on any atom is -0.258 e. The number of nitro benzene ring substituents is 1. The van der Waals surface area contributed by atoms with Gasteiger partial charge in [-0.3, -0.25) is 10.1 Å². The van der Waals surface area contributed by atoms with E-state index >= 15 is 0 Å². The predicted octanol–water partition coefficient (Wildman–Crippen LogP) is 3.10. The Balaban J connectivity index is 2.98. The first-order valence-electron chi connectivity index (χ1n) is 4.01. The van der Waals surface area contributed by atoms with Crippen molar-refractivity contribution in [1.29, 1.82) is 0 Å². The highest BCUT2D eigenvalue weighted by atomic mass is 32.2. The van der Waals surface area contributed by atoms with Gasteiger partial charge in [0.2, 0.25) is 0 Å². The molecule has 0 saturated heterocycles. The Bertz CT molecular complexity index is 312. The van der Waals surface area contributed by atoms with Gasteiger partial charge < -0.3 is 0 Å². The van der Waals surface area contributed by atoms with E-state index in [-0.39, 0.29) is 10.6 Å². The van der Waals surface area contributed by atoms with E-state index in [1.807, 2.05) is 19.9 Å². The lowest BCUT2D eigenvalue weighted by Crippen LogP contribution is -1.93. The second-order valence-electron chi connectivity index (χ2n) is 2.89. The van der Waals surface area contributed by atoms with E-state index in [0.717, 1.165) is 4.90 Å². The summed E-state index contributed by atoms with van der Waals surface area (Å²) in [4.78, 5) is 11.0. The van der Waals surface area contributed by atoms with Gasteiger partial charge in [-0.05, 0) is 6.07 Å². The summed E-state index contributed by atoms with van der Waals surface area (Å²) in [6.45, 7) is 4.03. The number of thioether (sulfide) groups is 1. The fourth-order valence-corrected chi connectivity index (χ4v) is 1.89. The third-order valence-corrected chi connectivity index (χ3v) is 2.50. The van der Waals surface area contributed by atoms with E-state index < -0.39 is 0 Å². The van der Waals surface area contributed by atoms with E-state index in [9.17, 15) is 10.1 Å². The summed E-state index contributed by atoms with van der Waals surface area (Å²) >= 11 is 1.51. The molecule has 0 aliphatic heterocycles. The van der Waals surface area contributed by atoms with Crippen LogP contribution in [0, 0.1) is 10.1 Å². The van der Waals surface area contributed by atoms with E-state index in [4.69, 9.17) is 0 Å². The normalized spacial score (nSPS) is 10.4. The molecule has 0 heterocycles. The van der Waals surface area contributed by atoms with Crippen LogP contribution in [-0.4, -0.2) is 10.2 Å². The SMILES string of the molecule is CC(C)Sc1ccccc1[N+](=O)[O-]. The van der Waals surface area contributed by atoms with Crippen molar-refractivity contribution in [2.24, 2.45) is 0 Å². The maximum Gasteiger partial charge on any atom is 0.282 e. The Morgan fingerprint density at radius 1 is 1.38 bits per heavy atom. The third-order valence-electron chi connectivity index (χ3n) is 1.42. The highest BCUT2D eigenvalue weighted by Crippen LogP contribution is 2.31. The summed E-state index contributed by atoms with van der Waals surface area (Å²) in [6.07, 6.45) is 0. The zero-order valence-corrected chi connectivity index (χ0v) is 8.38. The number of hydrogen-bond donors (Lipinski definition) is 0. The molecule has 1 aromatic carbocycles. The summed E-state index contributed by atoms with van der Waals surface area (Å²) in [5, 5.41) is 11.0. The molecule has 3 nitrogen and oxygen atoms in total. The maximum absolute atomic E-state index is 10.6. The summed E-state index contributed by atoms with van der Waals surface area (Å²) in [6, 6.07) is 6.81. The molecular weight excluding hydrogens is 186 g/mol. The molecule has 0 bridgehead atoms. The zero-order valence-electron chi connectivity index (χ0n) is 7.56. The molecule has 0 saturated carbocycles. The molecule has 1 rings (SSSR count). The predicted molar refractivity (Wildman–Crippen MR) is 54.1 cm³/mol. The molecule has 0 aliphatic carbocycles. The minimum absolute atomic E-state index is 0.196. The first-order chi connectivity index (χ1) is 6.11. The summed E-state index contributed by atoms with van der Waals surface area (Å²) in [7, 11) is 0. The largest absolute Gasteiger partial charge is 0.282 e. The molecule has 1 aromatic rings. The van der Waals surface area contributed by atoms with Crippen molar-refractivity contribution in [3.8, 4) is 0 Å². The first-order valence-corrected chi connectivity index (χ1v) is 4.89. The zero-order chi connectivity index (χ0) is 9.84. The van der Waals surface area contributed by atoms with E-state index in [2.05, 4.69) is 0 Å². The summed E-state index contributed by atoms with van der Waals surface area (Å²) in [5.74, 6) is 0. The Labute approximate surface area is 81.3 Å². The summed E-state index contributed by atoms with van der Waals surface area (Å²) in [5.41, 5.74) is 0.196. The van der Waals surface area contributed by atoms with Crippen LogP contribution in [0.3, 0.4) is 0 Å². The van der Waals surface area contributed by atoms with Gasteiger partial charge in [-0.1, -0.05) is 26.0 Å². The van der Waals surface area contributed by atoms with Crippen LogP contribution in [-0.2, 0) is 0 Å². The lowest BCUT2D eigenvalue weighted by molar-refractivity contribution is -0.387. The van der Waals surface area contributed by atoms with Crippen molar-refractivity contribution >= 4 is 17.4 Å². The molecule has 0 fully saturated rings. The fourth-order valence-electron chi connectivity index (χ4n) is 0.962. The Hall–Kier alpha value is -1.03. The van der Waals surface area contributed by atoms with Crippen LogP contribution in [0.1, 0.15) is 13.8 Å². The van der Waals surface area contributed by atoms with Gasteiger partial charge >= 0.3 is 0 Å². The van der Waals surface area contributed by atoms with Gasteiger partial charge in [0.1, 0.15) is 0 Å². The van der Waals surface area contributed by atoms with Crippen LogP contribution >= 0.6 is 11.8 Å². The molecule has 70 valence electrons. The van der Waals surface area contributed by atoms with Crippen molar-refractivity contribution in [2.45, 2.75) is 24.0 Å². The maximum atomic E-state index is 10.6. The molecule has 0 radical (unpaired) electrons. The molecule has 4 heteroatoms. The first kappa shape index (κ1) is 10.1. The molecule has 0 N–H and O–H groups in total. The standard InChI is InChI=1S/C9H11NO2S/c1-7(2)13-9-6-4-3-5-8(9)10(11)12/h3-7H,1-2H3. The van der Waals surface area contributed by atoms with Crippen molar-refractivity contribution in [2.75, 3.05) is 0 Å². The fraction of sp³-hybridized carbons (Fsp3) is 0.333. The van der Waals surface area contributed by atoms with Gasteiger partial charge in [-0.15, -0.1) is 11.8 Å². The average Bonchev–Trinajstić information content (AvgIpc) is 2.03. The third kappa shape index (κ3) is 2.73. The molecular formula is C9H11NO2S. The number of nitrogens with zero attached hydrogens (tertiary/aromatic N) is 1. The molecule has 0 aromatic heterocycles. The number of para-hydroxylation sites is 1. The summed E-state index contributed by atoms with van der Waals surface area (Å²) < 4.78 is 0. The lowest BCUT2D eigenvalue weighted by Gasteiger charge is -2.04. The lowest BCUT2D eigenvalue weighted by atomic mass is 10.3. The highest BCUT2D eigenvalue weighted by Gasteiger charge is 2.13. The van der Waals surface area contributed by atoms with Gasteiger partial charge in [-0.2, -0.15) is 0 Å². The molecule has 13 heavy (non-hydrogen) atoms. The second kappa shape index (κ2) is 4.28. The Kier molecular flexibility index (Phi) is 3.31. The van der Waals surface area contributed by atoms with Gasteiger partial charge in [-0.25, -0.2) is 0 Å². The van der Waals surface area contributed by atoms with E-state index in [1.54, 1.807) is 12.1 Å². The van der Waals surface area contributed by atoms with Gasteiger partial charge in [0, 0.05) is 11.3 Å². The molecule has 0 amide bonds. The number of rotatable bonds is 3. The van der Waals surface area contributed by atoms with E-state index in [1.165, 1.54) is 17.8 Å². The number of hydrogen-bond acceptors (Lipinski definition) is 3. The van der Waals surface area contributed by atoms with Gasteiger partial charge in [0.15, 0.2) is 0 Å². The number of benzene rings is 1. The van der Waals surface area contributed by atoms with Crippen LogP contribution in [0.15, 0.2) is 29.2 Å². The van der Waals surface area contributed by atoms with E-state index in [0.29, 0.717) is 5.25 Å². The molecule has 0 spiro atoms. The topological polar surface area (TPSA) is 43.1 Å². The Morgan fingerprint density at radius 3 is 2.54 bits per heavy atom. The minimum atomic E-state index is -0.343. The molecule has 0 atom stereocenters. The van der Waals surface area contributed by atoms with Crippen molar-refractivity contribution in [3.63, 3.8) is 0 Å². The molecule has 0 aliphatic rings. The van der Waals surface area contributed by atoms with Crippen LogP contribution in [0.25, 0.3) is 0 Å². The van der Waals surface area contributed by atoms with Crippen LogP contribution in [0.2, 0.25) is 0 Å². The number of nitro groups is 1. The highest BCUT2D eigenvalue weighted by molar-refractivity contribution is 8.00. The van der Waals surface area contributed by atoms with Crippen molar-refractivity contribution in [3.05, 3.63) is 34.4 Å². The van der Waals surface area contributed by atoms with Crippen LogP contribution in [0.4, 0.5) is 5.69 Å². The van der Waals surface area contributed by atoms with Crippen LogP contribution < -0.4 is 0 Å².